The van der Waals surface area contributed by atoms with E-state index in [1.165, 1.54) is 38.1 Å². The second kappa shape index (κ2) is 8.31. The second-order valence-electron chi connectivity index (χ2n) is 4.21. The lowest BCUT2D eigenvalue weighted by atomic mass is 10.3. The molecule has 0 saturated carbocycles. The standard InChI is InChI=1S/C16H14O6/c1-11(17)6-8-15(19)21-13-4-3-5-14(10-13)22-16(20)9-7-12(2)18/h3-10H,1-2H3. The van der Waals surface area contributed by atoms with Crippen LogP contribution in [0.1, 0.15) is 13.8 Å². The fourth-order valence-corrected chi connectivity index (χ4v) is 1.27. The van der Waals surface area contributed by atoms with Crippen molar-refractivity contribution in [3.05, 3.63) is 48.6 Å². The lowest BCUT2D eigenvalue weighted by molar-refractivity contribution is -0.129. The zero-order chi connectivity index (χ0) is 16.5. The van der Waals surface area contributed by atoms with Gasteiger partial charge in [0.2, 0.25) is 0 Å². The van der Waals surface area contributed by atoms with Gasteiger partial charge in [-0.1, -0.05) is 6.07 Å². The number of hydrogen-bond acceptors (Lipinski definition) is 6. The van der Waals surface area contributed by atoms with Crippen LogP contribution in [-0.4, -0.2) is 23.5 Å². The van der Waals surface area contributed by atoms with E-state index in [4.69, 9.17) is 9.47 Å². The maximum absolute atomic E-state index is 11.4. The number of ether oxygens (including phenoxy) is 2. The highest BCUT2D eigenvalue weighted by Crippen LogP contribution is 2.19. The Labute approximate surface area is 127 Å². The Bertz CT molecular complexity index is 601. The Morgan fingerprint density at radius 2 is 1.18 bits per heavy atom. The van der Waals surface area contributed by atoms with E-state index in [-0.39, 0.29) is 23.1 Å². The maximum atomic E-state index is 11.4. The molecule has 22 heavy (non-hydrogen) atoms. The number of allylic oxidation sites excluding steroid dienone is 2. The summed E-state index contributed by atoms with van der Waals surface area (Å²) < 4.78 is 9.89. The monoisotopic (exact) mass is 302 g/mol. The number of esters is 2. The molecule has 0 bridgehead atoms. The molecule has 0 amide bonds. The Kier molecular flexibility index (Phi) is 6.43. The molecule has 0 aromatic heterocycles. The van der Waals surface area contributed by atoms with Gasteiger partial charge in [0.1, 0.15) is 11.5 Å². The molecule has 1 rings (SSSR count). The summed E-state index contributed by atoms with van der Waals surface area (Å²) >= 11 is 0. The molecule has 6 nitrogen and oxygen atoms in total. The van der Waals surface area contributed by atoms with Crippen molar-refractivity contribution < 1.29 is 28.7 Å². The molecule has 0 fully saturated rings. The van der Waals surface area contributed by atoms with E-state index in [2.05, 4.69) is 0 Å². The van der Waals surface area contributed by atoms with E-state index in [0.29, 0.717) is 0 Å². The summed E-state index contributed by atoms with van der Waals surface area (Å²) in [5.74, 6) is -1.71. The molecule has 0 aliphatic rings. The van der Waals surface area contributed by atoms with Crippen LogP contribution in [0.15, 0.2) is 48.6 Å². The quantitative estimate of drug-likeness (QED) is 0.452. The first-order valence-electron chi connectivity index (χ1n) is 6.28. The lowest BCUT2D eigenvalue weighted by Gasteiger charge is -2.04. The minimum absolute atomic E-state index is 0.152. The first kappa shape index (κ1) is 17.0. The van der Waals surface area contributed by atoms with E-state index in [1.807, 2.05) is 0 Å². The molecule has 1 aromatic rings. The number of carbonyl (C=O) groups is 4. The van der Waals surface area contributed by atoms with Gasteiger partial charge in [0.15, 0.2) is 11.6 Å². The topological polar surface area (TPSA) is 86.7 Å². The van der Waals surface area contributed by atoms with Crippen LogP contribution in [-0.2, 0) is 19.2 Å². The normalized spacial score (nSPS) is 10.6. The van der Waals surface area contributed by atoms with Gasteiger partial charge in [-0.15, -0.1) is 0 Å². The van der Waals surface area contributed by atoms with Crippen molar-refractivity contribution in [1.82, 2.24) is 0 Å². The van der Waals surface area contributed by atoms with Gasteiger partial charge in [0.25, 0.3) is 0 Å². The molecule has 0 radical (unpaired) electrons. The molecular formula is C16H14O6. The Hall–Kier alpha value is -3.02. The van der Waals surface area contributed by atoms with E-state index >= 15 is 0 Å². The van der Waals surface area contributed by atoms with Crippen molar-refractivity contribution in [2.45, 2.75) is 13.8 Å². The number of hydrogen-bond donors (Lipinski definition) is 0. The van der Waals surface area contributed by atoms with Crippen molar-refractivity contribution in [3.8, 4) is 11.5 Å². The summed E-state index contributed by atoms with van der Waals surface area (Å²) in [6, 6.07) is 5.83. The minimum Gasteiger partial charge on any atom is -0.423 e. The Balaban J connectivity index is 2.70. The van der Waals surface area contributed by atoms with Crippen molar-refractivity contribution in [2.24, 2.45) is 0 Å². The van der Waals surface area contributed by atoms with Crippen LogP contribution in [0.5, 0.6) is 11.5 Å². The van der Waals surface area contributed by atoms with Crippen molar-refractivity contribution in [2.75, 3.05) is 0 Å². The van der Waals surface area contributed by atoms with Gasteiger partial charge < -0.3 is 9.47 Å². The predicted molar refractivity (Wildman–Crippen MR) is 77.4 cm³/mol. The molecule has 0 aliphatic carbocycles. The second-order valence-corrected chi connectivity index (χ2v) is 4.21. The van der Waals surface area contributed by atoms with Gasteiger partial charge in [-0.3, -0.25) is 9.59 Å². The Morgan fingerprint density at radius 1 is 0.773 bits per heavy atom. The molecule has 114 valence electrons. The van der Waals surface area contributed by atoms with Gasteiger partial charge in [-0.2, -0.15) is 0 Å². The van der Waals surface area contributed by atoms with Crippen LogP contribution < -0.4 is 9.47 Å². The van der Waals surface area contributed by atoms with Crippen LogP contribution in [0, 0.1) is 0 Å². The molecule has 6 heteroatoms. The van der Waals surface area contributed by atoms with Gasteiger partial charge in [-0.05, 0) is 38.1 Å². The lowest BCUT2D eigenvalue weighted by Crippen LogP contribution is -2.06. The molecule has 0 N–H and O–H groups in total. The zero-order valence-corrected chi connectivity index (χ0v) is 12.1. The number of carbonyl (C=O) groups excluding carboxylic acids is 4. The summed E-state index contributed by atoms with van der Waals surface area (Å²) in [6.07, 6.45) is 4.16. The van der Waals surface area contributed by atoms with Gasteiger partial charge in [0.05, 0.1) is 0 Å². The van der Waals surface area contributed by atoms with Gasteiger partial charge >= 0.3 is 11.9 Å². The first-order chi connectivity index (χ1) is 10.4. The number of rotatable bonds is 6. The number of ketones is 2. The highest BCUT2D eigenvalue weighted by molar-refractivity contribution is 5.95. The minimum atomic E-state index is -0.727. The third-order valence-corrected chi connectivity index (χ3v) is 2.15. The molecule has 0 saturated heterocycles. The largest absolute Gasteiger partial charge is 0.423 e. The highest BCUT2D eigenvalue weighted by Gasteiger charge is 2.05. The summed E-state index contributed by atoms with van der Waals surface area (Å²) in [5.41, 5.74) is 0. The van der Waals surface area contributed by atoms with Gasteiger partial charge in [0, 0.05) is 18.2 Å². The average molecular weight is 302 g/mol. The first-order valence-corrected chi connectivity index (χ1v) is 6.28. The molecule has 0 atom stereocenters. The summed E-state index contributed by atoms with van der Waals surface area (Å²) in [7, 11) is 0. The smallest absolute Gasteiger partial charge is 0.336 e. The van der Waals surface area contributed by atoms with Crippen LogP contribution >= 0.6 is 0 Å². The third kappa shape index (κ3) is 6.95. The van der Waals surface area contributed by atoms with Gasteiger partial charge in [-0.25, -0.2) is 9.59 Å². The van der Waals surface area contributed by atoms with Crippen LogP contribution in [0.2, 0.25) is 0 Å². The van der Waals surface area contributed by atoms with Crippen molar-refractivity contribution in [3.63, 3.8) is 0 Å². The maximum Gasteiger partial charge on any atom is 0.336 e. The molecule has 1 aromatic carbocycles. The van der Waals surface area contributed by atoms with E-state index in [9.17, 15) is 19.2 Å². The number of benzene rings is 1. The SMILES string of the molecule is CC(=O)C=CC(=O)Oc1cccc(OC(=O)C=CC(C)=O)c1. The fraction of sp³-hybridized carbons (Fsp3) is 0.125. The third-order valence-electron chi connectivity index (χ3n) is 2.15. The van der Waals surface area contributed by atoms with Crippen LogP contribution in [0.25, 0.3) is 0 Å². The van der Waals surface area contributed by atoms with Crippen molar-refractivity contribution >= 4 is 23.5 Å². The highest BCUT2D eigenvalue weighted by atomic mass is 16.5. The summed E-state index contributed by atoms with van der Waals surface area (Å²) in [5, 5.41) is 0. The van der Waals surface area contributed by atoms with E-state index in [0.717, 1.165) is 24.3 Å². The van der Waals surface area contributed by atoms with E-state index < -0.39 is 11.9 Å². The summed E-state index contributed by atoms with van der Waals surface area (Å²) in [6.45, 7) is 2.61. The van der Waals surface area contributed by atoms with Crippen LogP contribution in [0.3, 0.4) is 0 Å². The summed E-state index contributed by atoms with van der Waals surface area (Å²) in [4.78, 5) is 44.2. The predicted octanol–water partition coefficient (Wildman–Crippen LogP) is 1.79. The molecular weight excluding hydrogens is 288 g/mol. The zero-order valence-electron chi connectivity index (χ0n) is 12.1. The molecule has 0 unspecified atom stereocenters. The average Bonchev–Trinajstić information content (AvgIpc) is 2.43. The molecule has 0 spiro atoms. The fourth-order valence-electron chi connectivity index (χ4n) is 1.27. The van der Waals surface area contributed by atoms with Crippen molar-refractivity contribution in [1.29, 1.82) is 0 Å². The van der Waals surface area contributed by atoms with E-state index in [1.54, 1.807) is 0 Å². The molecule has 0 aliphatic heterocycles. The van der Waals surface area contributed by atoms with Crippen LogP contribution in [0.4, 0.5) is 0 Å². The Morgan fingerprint density at radius 3 is 1.55 bits per heavy atom. The molecule has 0 heterocycles.